The first-order valence-electron chi connectivity index (χ1n) is 8.72. The van der Waals surface area contributed by atoms with Gasteiger partial charge in [-0.3, -0.25) is 4.98 Å². The molecule has 1 aliphatic rings. The largest absolute Gasteiger partial charge is 0.507 e. The Hall–Kier alpha value is -2.88. The van der Waals surface area contributed by atoms with Gasteiger partial charge in [-0.1, -0.05) is 0 Å². The second-order valence-corrected chi connectivity index (χ2v) is 8.15. The van der Waals surface area contributed by atoms with Crippen molar-refractivity contribution in [1.82, 2.24) is 9.29 Å². The summed E-state index contributed by atoms with van der Waals surface area (Å²) in [5, 5.41) is 18.9. The van der Waals surface area contributed by atoms with Crippen molar-refractivity contribution in [2.75, 3.05) is 26.3 Å². The number of aromatic nitrogens is 1. The molecule has 0 saturated carbocycles. The first-order valence-corrected chi connectivity index (χ1v) is 10.2. The third kappa shape index (κ3) is 3.59. The lowest BCUT2D eigenvalue weighted by molar-refractivity contribution is 0.0730. The Labute approximate surface area is 162 Å². The zero-order valence-electron chi connectivity index (χ0n) is 14.9. The number of hydrogen-bond acceptors (Lipinski definition) is 7. The van der Waals surface area contributed by atoms with Crippen molar-refractivity contribution >= 4 is 32.3 Å². The van der Waals surface area contributed by atoms with Crippen LogP contribution < -0.4 is 0 Å². The molecule has 4 rings (SSSR count). The van der Waals surface area contributed by atoms with Gasteiger partial charge in [0.1, 0.15) is 17.0 Å². The van der Waals surface area contributed by atoms with E-state index in [9.17, 15) is 13.5 Å². The van der Waals surface area contributed by atoms with Crippen LogP contribution in [0.4, 0.5) is 11.4 Å². The summed E-state index contributed by atoms with van der Waals surface area (Å²) in [6.45, 7) is 1.51. The molecule has 1 fully saturated rings. The van der Waals surface area contributed by atoms with E-state index in [4.69, 9.17) is 4.74 Å². The number of phenolic OH excluding ortho intramolecular Hbond substituents is 1. The summed E-state index contributed by atoms with van der Waals surface area (Å²) >= 11 is 0. The van der Waals surface area contributed by atoms with Crippen LogP contribution in [-0.4, -0.2) is 49.1 Å². The van der Waals surface area contributed by atoms with E-state index < -0.39 is 10.0 Å². The summed E-state index contributed by atoms with van der Waals surface area (Å²) in [4.78, 5) is 4.46. The summed E-state index contributed by atoms with van der Waals surface area (Å²) in [5.41, 5.74) is 1.56. The summed E-state index contributed by atoms with van der Waals surface area (Å²) < 4.78 is 31.9. The highest BCUT2D eigenvalue weighted by Gasteiger charge is 2.26. The fraction of sp³-hybridized carbons (Fsp3) is 0.211. The van der Waals surface area contributed by atoms with E-state index in [0.29, 0.717) is 48.6 Å². The zero-order chi connectivity index (χ0) is 19.6. The normalized spacial score (nSPS) is 16.0. The molecule has 2 aromatic carbocycles. The average Bonchev–Trinajstić information content (AvgIpc) is 2.74. The fourth-order valence-electron chi connectivity index (χ4n) is 2.96. The maximum absolute atomic E-state index is 12.6. The van der Waals surface area contributed by atoms with E-state index in [1.165, 1.54) is 22.5 Å². The topological polar surface area (TPSA) is 104 Å². The quantitative estimate of drug-likeness (QED) is 0.679. The zero-order valence-corrected chi connectivity index (χ0v) is 15.7. The molecule has 2 heterocycles. The number of aromatic hydroxyl groups is 1. The van der Waals surface area contributed by atoms with Gasteiger partial charge in [-0.15, -0.1) is 5.11 Å². The Morgan fingerprint density at radius 2 is 1.75 bits per heavy atom. The van der Waals surface area contributed by atoms with Gasteiger partial charge in [0.15, 0.2) is 0 Å². The number of fused-ring (bicyclic) bond motifs is 1. The van der Waals surface area contributed by atoms with E-state index in [-0.39, 0.29) is 10.6 Å². The SMILES string of the molecule is O=S(=O)(c1ccc(N=Nc2ccc(O)c3cccnc23)cc1)N1CCOCC1. The van der Waals surface area contributed by atoms with Crippen molar-refractivity contribution in [3.63, 3.8) is 0 Å². The van der Waals surface area contributed by atoms with Crippen LogP contribution in [0.15, 0.2) is 69.9 Å². The molecular weight excluding hydrogens is 380 g/mol. The van der Waals surface area contributed by atoms with Crippen molar-refractivity contribution in [2.24, 2.45) is 10.2 Å². The number of azo groups is 1. The predicted octanol–water partition coefficient (Wildman–Crippen LogP) is 3.38. The first-order chi connectivity index (χ1) is 13.6. The van der Waals surface area contributed by atoms with Gasteiger partial charge in [0.05, 0.1) is 23.8 Å². The Kier molecular flexibility index (Phi) is 5.03. The molecule has 28 heavy (non-hydrogen) atoms. The second-order valence-electron chi connectivity index (χ2n) is 6.21. The Morgan fingerprint density at radius 3 is 2.50 bits per heavy atom. The molecule has 0 bridgehead atoms. The number of hydrogen-bond donors (Lipinski definition) is 1. The van der Waals surface area contributed by atoms with Crippen LogP contribution in [0.2, 0.25) is 0 Å². The lowest BCUT2D eigenvalue weighted by Crippen LogP contribution is -2.40. The summed E-state index contributed by atoms with van der Waals surface area (Å²) in [6.07, 6.45) is 1.62. The van der Waals surface area contributed by atoms with Crippen molar-refractivity contribution < 1.29 is 18.3 Å². The average molecular weight is 398 g/mol. The molecule has 9 heteroatoms. The van der Waals surface area contributed by atoms with Crippen LogP contribution in [0.3, 0.4) is 0 Å². The van der Waals surface area contributed by atoms with E-state index in [2.05, 4.69) is 15.2 Å². The van der Waals surface area contributed by atoms with Gasteiger partial charge in [0.2, 0.25) is 10.0 Å². The molecule has 3 aromatic rings. The van der Waals surface area contributed by atoms with Crippen LogP contribution >= 0.6 is 0 Å². The number of sulfonamides is 1. The Morgan fingerprint density at radius 1 is 1.00 bits per heavy atom. The van der Waals surface area contributed by atoms with Crippen LogP contribution in [0.5, 0.6) is 5.75 Å². The lowest BCUT2D eigenvalue weighted by atomic mass is 10.2. The highest BCUT2D eigenvalue weighted by Crippen LogP contribution is 2.32. The summed E-state index contributed by atoms with van der Waals surface area (Å²) in [5.74, 6) is 0.125. The van der Waals surface area contributed by atoms with Gasteiger partial charge in [0, 0.05) is 24.7 Å². The van der Waals surface area contributed by atoms with E-state index in [1.807, 2.05) is 0 Å². The molecule has 1 N–H and O–H groups in total. The van der Waals surface area contributed by atoms with Gasteiger partial charge in [0.25, 0.3) is 0 Å². The molecule has 0 radical (unpaired) electrons. The minimum Gasteiger partial charge on any atom is -0.507 e. The fourth-order valence-corrected chi connectivity index (χ4v) is 4.36. The van der Waals surface area contributed by atoms with Gasteiger partial charge in [-0.25, -0.2) is 8.42 Å². The monoisotopic (exact) mass is 398 g/mol. The highest BCUT2D eigenvalue weighted by atomic mass is 32.2. The number of rotatable bonds is 4. The molecule has 1 saturated heterocycles. The number of ether oxygens (including phenoxy) is 1. The lowest BCUT2D eigenvalue weighted by Gasteiger charge is -2.25. The number of nitrogens with zero attached hydrogens (tertiary/aromatic N) is 4. The van der Waals surface area contributed by atoms with E-state index in [1.54, 1.807) is 36.5 Å². The van der Waals surface area contributed by atoms with Gasteiger partial charge in [-0.2, -0.15) is 9.42 Å². The maximum Gasteiger partial charge on any atom is 0.243 e. The molecular formula is C19H18N4O4S. The Bertz CT molecular complexity index is 1120. The van der Waals surface area contributed by atoms with Gasteiger partial charge >= 0.3 is 0 Å². The third-order valence-corrected chi connectivity index (χ3v) is 6.36. The number of morpholine rings is 1. The number of benzene rings is 2. The van der Waals surface area contributed by atoms with Crippen molar-refractivity contribution in [3.05, 3.63) is 54.7 Å². The van der Waals surface area contributed by atoms with Crippen LogP contribution in [-0.2, 0) is 14.8 Å². The standard InChI is InChI=1S/C19H18N4O4S/c24-18-8-7-17(19-16(18)2-1-9-20-19)22-21-14-3-5-15(6-4-14)28(25,26)23-10-12-27-13-11-23/h1-9,24H,10-13H2. The highest BCUT2D eigenvalue weighted by molar-refractivity contribution is 7.89. The minimum atomic E-state index is -3.54. The summed E-state index contributed by atoms with van der Waals surface area (Å²) in [6, 6.07) is 12.9. The van der Waals surface area contributed by atoms with E-state index >= 15 is 0 Å². The molecule has 0 spiro atoms. The Balaban J connectivity index is 1.58. The number of pyridine rings is 1. The first kappa shape index (κ1) is 18.5. The van der Waals surface area contributed by atoms with Crippen LogP contribution in [0.25, 0.3) is 10.9 Å². The van der Waals surface area contributed by atoms with Crippen LogP contribution in [0.1, 0.15) is 0 Å². The third-order valence-electron chi connectivity index (χ3n) is 4.44. The molecule has 0 aliphatic carbocycles. The molecule has 0 amide bonds. The predicted molar refractivity (Wildman–Crippen MR) is 104 cm³/mol. The van der Waals surface area contributed by atoms with Gasteiger partial charge < -0.3 is 9.84 Å². The van der Waals surface area contributed by atoms with Crippen molar-refractivity contribution in [3.8, 4) is 5.75 Å². The van der Waals surface area contributed by atoms with Crippen molar-refractivity contribution in [2.45, 2.75) is 4.90 Å². The van der Waals surface area contributed by atoms with E-state index in [0.717, 1.165) is 0 Å². The number of phenols is 1. The molecule has 1 aliphatic heterocycles. The molecule has 1 aromatic heterocycles. The molecule has 8 nitrogen and oxygen atoms in total. The maximum atomic E-state index is 12.6. The summed E-state index contributed by atoms with van der Waals surface area (Å²) in [7, 11) is -3.54. The van der Waals surface area contributed by atoms with Crippen molar-refractivity contribution in [1.29, 1.82) is 0 Å². The molecule has 144 valence electrons. The molecule has 0 unspecified atom stereocenters. The minimum absolute atomic E-state index is 0.125. The van der Waals surface area contributed by atoms with Gasteiger partial charge in [-0.05, 0) is 48.5 Å². The smallest absolute Gasteiger partial charge is 0.243 e. The second kappa shape index (κ2) is 7.63. The molecule has 0 atom stereocenters. The van der Waals surface area contributed by atoms with Crippen LogP contribution in [0, 0.1) is 0 Å².